The van der Waals surface area contributed by atoms with E-state index in [0.29, 0.717) is 59.3 Å². The van der Waals surface area contributed by atoms with Gasteiger partial charge in [-0.1, -0.05) is 18.2 Å². The van der Waals surface area contributed by atoms with Crippen molar-refractivity contribution in [1.29, 1.82) is 0 Å². The Morgan fingerprint density at radius 2 is 1.62 bits per heavy atom. The van der Waals surface area contributed by atoms with Crippen LogP contribution in [0.5, 0.6) is 23.0 Å². The third-order valence-corrected chi connectivity index (χ3v) is 9.14. The van der Waals surface area contributed by atoms with Crippen LogP contribution in [0.3, 0.4) is 0 Å². The van der Waals surface area contributed by atoms with Gasteiger partial charge in [0.05, 0.1) is 18.2 Å². The number of aromatic nitrogens is 1. The fourth-order valence-electron chi connectivity index (χ4n) is 5.95. The van der Waals surface area contributed by atoms with Gasteiger partial charge in [-0.2, -0.15) is 0 Å². The number of nitrogens with zero attached hydrogens (tertiary/aromatic N) is 1. The minimum atomic E-state index is -1.18. The molecule has 2 amide bonds. The molecule has 3 aliphatic rings. The van der Waals surface area contributed by atoms with E-state index in [0.717, 1.165) is 38.9 Å². The van der Waals surface area contributed by atoms with Crippen molar-refractivity contribution in [1.82, 2.24) is 10.3 Å². The van der Waals surface area contributed by atoms with E-state index in [2.05, 4.69) is 20.9 Å². The second-order valence-electron chi connectivity index (χ2n) is 12.5. The molecular formula is C36H37FN4O6. The zero-order valence-electron chi connectivity index (χ0n) is 26.1. The van der Waals surface area contributed by atoms with Crippen LogP contribution in [0, 0.1) is 11.2 Å². The van der Waals surface area contributed by atoms with Gasteiger partial charge in [0.2, 0.25) is 11.8 Å². The number of ether oxygens (including phenoxy) is 4. The number of para-hydroxylation sites is 1. The third-order valence-electron chi connectivity index (χ3n) is 9.14. The van der Waals surface area contributed by atoms with Gasteiger partial charge < -0.3 is 34.9 Å². The standard InChI is InChI=1S/C36H37FN4O6/c1-44-31-20-26-28(21-32(31)46-22-35(12-13-35)41-24-10-17-45-18-11-24)38-16-9-29(26)47-30-8-7-25(19-27(30)37)40-34(43)36(14-15-36)33(42)39-23-5-3-2-4-6-23/h2-9,16,19-21,24,41H,10-15,17-18,22H2,1H3,(H,39,42)(H,40,43). The van der Waals surface area contributed by atoms with Crippen molar-refractivity contribution in [2.75, 3.05) is 37.6 Å². The van der Waals surface area contributed by atoms with Gasteiger partial charge in [0, 0.05) is 54.3 Å². The predicted molar refractivity (Wildman–Crippen MR) is 175 cm³/mol. The predicted octanol–water partition coefficient (Wildman–Crippen LogP) is 6.21. The van der Waals surface area contributed by atoms with Gasteiger partial charge in [-0.15, -0.1) is 0 Å². The van der Waals surface area contributed by atoms with E-state index in [4.69, 9.17) is 18.9 Å². The number of benzene rings is 3. The van der Waals surface area contributed by atoms with Crippen LogP contribution in [0.15, 0.2) is 72.9 Å². The number of nitrogens with one attached hydrogen (secondary N) is 3. The lowest BCUT2D eigenvalue weighted by Gasteiger charge is -2.28. The monoisotopic (exact) mass is 640 g/mol. The fourth-order valence-corrected chi connectivity index (χ4v) is 5.95. The molecule has 0 radical (unpaired) electrons. The molecule has 0 unspecified atom stereocenters. The molecule has 10 nitrogen and oxygen atoms in total. The van der Waals surface area contributed by atoms with Crippen LogP contribution >= 0.6 is 0 Å². The van der Waals surface area contributed by atoms with Gasteiger partial charge in [-0.05, 0) is 74.9 Å². The lowest BCUT2D eigenvalue weighted by atomic mass is 10.0. The maximum Gasteiger partial charge on any atom is 0.240 e. The normalized spacial score (nSPS) is 17.8. The largest absolute Gasteiger partial charge is 0.493 e. The van der Waals surface area contributed by atoms with Crippen LogP contribution in [0.25, 0.3) is 10.9 Å². The maximum absolute atomic E-state index is 15.3. The van der Waals surface area contributed by atoms with E-state index in [-0.39, 0.29) is 22.9 Å². The maximum atomic E-state index is 15.3. The number of fused-ring (bicyclic) bond motifs is 1. The molecule has 0 atom stereocenters. The molecule has 1 aromatic heterocycles. The Balaban J connectivity index is 1.02. The van der Waals surface area contributed by atoms with Crippen molar-refractivity contribution in [3.8, 4) is 23.0 Å². The molecule has 0 spiro atoms. The average Bonchev–Trinajstić information content (AvgIpc) is 4.02. The Morgan fingerprint density at radius 1 is 0.872 bits per heavy atom. The molecule has 3 aromatic carbocycles. The van der Waals surface area contributed by atoms with E-state index in [1.165, 1.54) is 12.1 Å². The van der Waals surface area contributed by atoms with E-state index >= 15 is 4.39 Å². The molecule has 2 aliphatic carbocycles. The van der Waals surface area contributed by atoms with Crippen LogP contribution in [-0.2, 0) is 14.3 Å². The number of halogens is 1. The first-order valence-electron chi connectivity index (χ1n) is 16.0. The number of hydrogen-bond acceptors (Lipinski definition) is 8. The molecule has 3 N–H and O–H groups in total. The summed E-state index contributed by atoms with van der Waals surface area (Å²) in [7, 11) is 1.57. The first-order valence-corrected chi connectivity index (χ1v) is 16.0. The second kappa shape index (κ2) is 12.8. The number of rotatable bonds is 12. The summed E-state index contributed by atoms with van der Waals surface area (Å²) in [5.74, 6) is -0.101. The highest BCUT2D eigenvalue weighted by Crippen LogP contribution is 2.48. The minimum absolute atomic E-state index is 0.0346. The smallest absolute Gasteiger partial charge is 0.240 e. The minimum Gasteiger partial charge on any atom is -0.493 e. The molecule has 0 bridgehead atoms. The number of anilines is 2. The van der Waals surface area contributed by atoms with Gasteiger partial charge >= 0.3 is 0 Å². The third kappa shape index (κ3) is 6.72. The highest BCUT2D eigenvalue weighted by atomic mass is 19.1. The molecule has 2 saturated carbocycles. The molecule has 1 saturated heterocycles. The van der Waals surface area contributed by atoms with Crippen LogP contribution in [0.1, 0.15) is 38.5 Å². The summed E-state index contributed by atoms with van der Waals surface area (Å²) in [6, 6.07) is 18.8. The van der Waals surface area contributed by atoms with Crippen LogP contribution in [0.2, 0.25) is 0 Å². The lowest BCUT2D eigenvalue weighted by Crippen LogP contribution is -2.46. The van der Waals surface area contributed by atoms with Crippen molar-refractivity contribution in [3.63, 3.8) is 0 Å². The average molecular weight is 641 g/mol. The SMILES string of the molecule is COc1cc2c(Oc3ccc(NC(=O)C4(C(=O)Nc5ccccc5)CC4)cc3F)ccnc2cc1OCC1(NC2CCOCC2)CC1. The lowest BCUT2D eigenvalue weighted by molar-refractivity contribution is -0.131. The number of amides is 2. The number of hydrogen-bond donors (Lipinski definition) is 3. The van der Waals surface area contributed by atoms with Crippen molar-refractivity contribution in [2.24, 2.45) is 5.41 Å². The van der Waals surface area contributed by atoms with Gasteiger partial charge in [-0.25, -0.2) is 4.39 Å². The molecule has 1 aliphatic heterocycles. The zero-order valence-corrected chi connectivity index (χ0v) is 26.1. The molecule has 2 heterocycles. The summed E-state index contributed by atoms with van der Waals surface area (Å²) in [6.45, 7) is 2.07. The molecule has 11 heteroatoms. The summed E-state index contributed by atoms with van der Waals surface area (Å²) in [6.07, 6.45) is 6.52. The Hall–Kier alpha value is -4.74. The summed E-state index contributed by atoms with van der Waals surface area (Å²) in [4.78, 5) is 30.5. The molecule has 3 fully saturated rings. The van der Waals surface area contributed by atoms with Gasteiger partial charge in [0.1, 0.15) is 17.8 Å². The molecular weight excluding hydrogens is 603 g/mol. The first kappa shape index (κ1) is 30.9. The fraction of sp³-hybridized carbons (Fsp3) is 0.361. The number of pyridine rings is 1. The quantitative estimate of drug-likeness (QED) is 0.156. The summed E-state index contributed by atoms with van der Waals surface area (Å²) < 4.78 is 38.8. The molecule has 47 heavy (non-hydrogen) atoms. The zero-order chi connectivity index (χ0) is 32.4. The summed E-state index contributed by atoms with van der Waals surface area (Å²) in [5.41, 5.74) is 0.214. The Bertz CT molecular complexity index is 1790. The summed E-state index contributed by atoms with van der Waals surface area (Å²) in [5, 5.41) is 9.89. The molecule has 4 aromatic rings. The van der Waals surface area contributed by atoms with Gasteiger partial charge in [0.25, 0.3) is 0 Å². The Labute approximate surface area is 271 Å². The van der Waals surface area contributed by atoms with Crippen LogP contribution in [-0.4, -0.2) is 55.3 Å². The first-order chi connectivity index (χ1) is 22.9. The van der Waals surface area contributed by atoms with Crippen molar-refractivity contribution < 1.29 is 32.9 Å². The number of carbonyl (C=O) groups excluding carboxylic acids is 2. The van der Waals surface area contributed by atoms with Gasteiger partial charge in [0.15, 0.2) is 23.1 Å². The van der Waals surface area contributed by atoms with E-state index in [1.54, 1.807) is 55.8 Å². The number of methoxy groups -OCH3 is 1. The molecule has 244 valence electrons. The highest BCUT2D eigenvalue weighted by molar-refractivity contribution is 6.16. The van der Waals surface area contributed by atoms with E-state index < -0.39 is 17.1 Å². The van der Waals surface area contributed by atoms with E-state index in [9.17, 15) is 9.59 Å². The highest BCUT2D eigenvalue weighted by Gasteiger charge is 2.56. The van der Waals surface area contributed by atoms with E-state index in [1.807, 2.05) is 12.1 Å². The van der Waals surface area contributed by atoms with Crippen LogP contribution in [0.4, 0.5) is 15.8 Å². The topological polar surface area (TPSA) is 120 Å². The van der Waals surface area contributed by atoms with Crippen molar-refractivity contribution in [3.05, 3.63) is 78.7 Å². The second-order valence-corrected chi connectivity index (χ2v) is 12.5. The summed E-state index contributed by atoms with van der Waals surface area (Å²) >= 11 is 0. The van der Waals surface area contributed by atoms with Crippen molar-refractivity contribution in [2.45, 2.75) is 50.1 Å². The van der Waals surface area contributed by atoms with Crippen molar-refractivity contribution >= 4 is 34.1 Å². The Kier molecular flexibility index (Phi) is 8.42. The van der Waals surface area contributed by atoms with Gasteiger partial charge in [-0.3, -0.25) is 14.6 Å². The number of carbonyl (C=O) groups is 2. The van der Waals surface area contributed by atoms with Crippen LogP contribution < -0.4 is 30.2 Å². The Morgan fingerprint density at radius 3 is 2.30 bits per heavy atom. The molecule has 7 rings (SSSR count).